The highest BCUT2D eigenvalue weighted by molar-refractivity contribution is 5.75. The Morgan fingerprint density at radius 2 is 1.78 bits per heavy atom. The first-order valence-electron chi connectivity index (χ1n) is 5.97. The van der Waals surface area contributed by atoms with Crippen molar-refractivity contribution < 1.29 is 19.4 Å². The van der Waals surface area contributed by atoms with Crippen LogP contribution in [-0.4, -0.2) is 25.3 Å². The Bertz CT molecular complexity index is 481. The molecule has 0 fully saturated rings. The number of carbonyl (C=O) groups is 1. The van der Waals surface area contributed by atoms with E-state index in [1.54, 1.807) is 21.1 Å². The molecule has 0 bridgehead atoms. The predicted molar refractivity (Wildman–Crippen MR) is 67.3 cm³/mol. The molecule has 0 saturated heterocycles. The fourth-order valence-electron chi connectivity index (χ4n) is 2.46. The van der Waals surface area contributed by atoms with Crippen molar-refractivity contribution in [2.75, 3.05) is 14.2 Å². The summed E-state index contributed by atoms with van der Waals surface area (Å²) in [4.78, 5) is 11.3. The van der Waals surface area contributed by atoms with Gasteiger partial charge >= 0.3 is 5.97 Å². The van der Waals surface area contributed by atoms with Gasteiger partial charge in [-0.2, -0.15) is 0 Å². The molecule has 0 aliphatic heterocycles. The van der Waals surface area contributed by atoms with Crippen LogP contribution in [0.1, 0.15) is 24.5 Å². The van der Waals surface area contributed by atoms with Gasteiger partial charge in [0.05, 0.1) is 19.6 Å². The first kappa shape index (κ1) is 12.7. The molecule has 1 atom stereocenters. The van der Waals surface area contributed by atoms with E-state index in [9.17, 15) is 9.90 Å². The highest BCUT2D eigenvalue weighted by Crippen LogP contribution is 2.40. The topological polar surface area (TPSA) is 55.8 Å². The van der Waals surface area contributed by atoms with Crippen molar-refractivity contribution in [3.8, 4) is 11.5 Å². The maximum absolute atomic E-state index is 11.3. The molecule has 1 aromatic rings. The van der Waals surface area contributed by atoms with Crippen molar-refractivity contribution in [3.05, 3.63) is 23.3 Å². The van der Waals surface area contributed by atoms with Crippen molar-refractivity contribution in [1.82, 2.24) is 0 Å². The lowest BCUT2D eigenvalue weighted by Crippen LogP contribution is -2.33. The third-order valence-corrected chi connectivity index (χ3v) is 3.75. The van der Waals surface area contributed by atoms with Crippen LogP contribution in [0.4, 0.5) is 0 Å². The summed E-state index contributed by atoms with van der Waals surface area (Å²) in [5.41, 5.74) is 1.53. The smallest absolute Gasteiger partial charge is 0.309 e. The monoisotopic (exact) mass is 250 g/mol. The lowest BCUT2D eigenvalue weighted by Gasteiger charge is -2.31. The maximum Gasteiger partial charge on any atom is 0.309 e. The number of aryl methyl sites for hydroxylation is 1. The van der Waals surface area contributed by atoms with E-state index in [1.807, 2.05) is 12.1 Å². The highest BCUT2D eigenvalue weighted by atomic mass is 16.5. The van der Waals surface area contributed by atoms with Crippen molar-refractivity contribution in [2.24, 2.45) is 5.41 Å². The lowest BCUT2D eigenvalue weighted by atomic mass is 9.73. The minimum Gasteiger partial charge on any atom is -0.493 e. The first-order chi connectivity index (χ1) is 8.50. The molecule has 0 saturated carbocycles. The number of hydrogen-bond donors (Lipinski definition) is 1. The van der Waals surface area contributed by atoms with Gasteiger partial charge in [-0.3, -0.25) is 4.79 Å². The zero-order chi connectivity index (χ0) is 13.3. The number of methoxy groups -OCH3 is 2. The van der Waals surface area contributed by atoms with Crippen LogP contribution >= 0.6 is 0 Å². The van der Waals surface area contributed by atoms with E-state index in [-0.39, 0.29) is 0 Å². The summed E-state index contributed by atoms with van der Waals surface area (Å²) in [5.74, 6) is 0.629. The molecule has 1 unspecified atom stereocenters. The van der Waals surface area contributed by atoms with Gasteiger partial charge < -0.3 is 14.6 Å². The first-order valence-corrected chi connectivity index (χ1v) is 5.97. The number of ether oxygens (including phenoxy) is 2. The maximum atomic E-state index is 11.3. The second kappa shape index (κ2) is 4.52. The molecule has 18 heavy (non-hydrogen) atoms. The number of fused-ring (bicyclic) bond motifs is 1. The van der Waals surface area contributed by atoms with E-state index in [0.29, 0.717) is 24.3 Å². The number of carboxylic acid groups (broad SMARTS) is 1. The highest BCUT2D eigenvalue weighted by Gasteiger charge is 2.37. The molecule has 2 rings (SSSR count). The van der Waals surface area contributed by atoms with Gasteiger partial charge in [0.2, 0.25) is 0 Å². The Morgan fingerprint density at radius 3 is 2.28 bits per heavy atom. The van der Waals surface area contributed by atoms with Gasteiger partial charge in [-0.15, -0.1) is 0 Å². The fourth-order valence-corrected chi connectivity index (χ4v) is 2.46. The molecule has 4 heteroatoms. The molecule has 1 N–H and O–H groups in total. The van der Waals surface area contributed by atoms with E-state index < -0.39 is 11.4 Å². The molecular formula is C14H18O4. The quantitative estimate of drug-likeness (QED) is 0.894. The van der Waals surface area contributed by atoms with Crippen LogP contribution in [0.25, 0.3) is 0 Å². The van der Waals surface area contributed by atoms with Crippen LogP contribution in [-0.2, 0) is 17.6 Å². The van der Waals surface area contributed by atoms with Crippen molar-refractivity contribution in [3.63, 3.8) is 0 Å². The van der Waals surface area contributed by atoms with Crippen molar-refractivity contribution in [2.45, 2.75) is 26.2 Å². The van der Waals surface area contributed by atoms with E-state index in [2.05, 4.69) is 0 Å². The Kier molecular flexibility index (Phi) is 3.20. The molecule has 1 aliphatic rings. The Morgan fingerprint density at radius 1 is 1.22 bits per heavy atom. The summed E-state index contributed by atoms with van der Waals surface area (Å²) >= 11 is 0. The second-order valence-electron chi connectivity index (χ2n) is 5.02. The largest absolute Gasteiger partial charge is 0.493 e. The van der Waals surface area contributed by atoms with E-state index in [4.69, 9.17) is 9.47 Å². The third-order valence-electron chi connectivity index (χ3n) is 3.75. The van der Waals surface area contributed by atoms with E-state index in [1.165, 1.54) is 0 Å². The average molecular weight is 250 g/mol. The molecule has 0 aromatic heterocycles. The predicted octanol–water partition coefficient (Wildman–Crippen LogP) is 2.28. The van der Waals surface area contributed by atoms with Gasteiger partial charge in [0.25, 0.3) is 0 Å². The standard InChI is InChI=1S/C14H18O4/c1-14(13(15)16)5-4-9-6-11(17-2)12(18-3)7-10(9)8-14/h6-7H,4-5,8H2,1-3H3,(H,15,16). The molecule has 98 valence electrons. The van der Waals surface area contributed by atoms with Crippen LogP contribution in [0.15, 0.2) is 12.1 Å². The van der Waals surface area contributed by atoms with Gasteiger partial charge in [0.15, 0.2) is 11.5 Å². The van der Waals surface area contributed by atoms with Gasteiger partial charge in [-0.1, -0.05) is 0 Å². The number of hydrogen-bond acceptors (Lipinski definition) is 3. The summed E-state index contributed by atoms with van der Waals surface area (Å²) in [6, 6.07) is 3.85. The fraction of sp³-hybridized carbons (Fsp3) is 0.500. The van der Waals surface area contributed by atoms with E-state index >= 15 is 0 Å². The Balaban J connectivity index is 2.41. The number of aliphatic carboxylic acids is 1. The molecule has 1 aliphatic carbocycles. The summed E-state index contributed by atoms with van der Waals surface area (Å²) in [6.45, 7) is 1.80. The molecule has 0 amide bonds. The van der Waals surface area contributed by atoms with Gasteiger partial charge in [0, 0.05) is 0 Å². The summed E-state index contributed by atoms with van der Waals surface area (Å²) < 4.78 is 10.5. The van der Waals surface area contributed by atoms with Crippen molar-refractivity contribution >= 4 is 5.97 Å². The molecule has 0 spiro atoms. The van der Waals surface area contributed by atoms with E-state index in [0.717, 1.165) is 17.5 Å². The van der Waals surface area contributed by atoms with Crippen LogP contribution in [0.5, 0.6) is 11.5 Å². The van der Waals surface area contributed by atoms with Crippen LogP contribution in [0.3, 0.4) is 0 Å². The molecule has 4 nitrogen and oxygen atoms in total. The molecular weight excluding hydrogens is 232 g/mol. The second-order valence-corrected chi connectivity index (χ2v) is 5.02. The SMILES string of the molecule is COc1cc2c(cc1OC)CC(C)(C(=O)O)CC2. The van der Waals surface area contributed by atoms with Crippen LogP contribution in [0, 0.1) is 5.41 Å². The summed E-state index contributed by atoms with van der Waals surface area (Å²) in [7, 11) is 3.19. The van der Waals surface area contributed by atoms with Crippen LogP contribution in [0.2, 0.25) is 0 Å². The van der Waals surface area contributed by atoms with Gasteiger partial charge in [-0.25, -0.2) is 0 Å². The number of benzene rings is 1. The summed E-state index contributed by atoms with van der Waals surface area (Å²) in [6.07, 6.45) is 1.96. The summed E-state index contributed by atoms with van der Waals surface area (Å²) in [5, 5.41) is 9.29. The van der Waals surface area contributed by atoms with Crippen molar-refractivity contribution in [1.29, 1.82) is 0 Å². The Labute approximate surface area is 107 Å². The Hall–Kier alpha value is -1.71. The zero-order valence-corrected chi connectivity index (χ0v) is 10.9. The minimum atomic E-state index is -0.733. The van der Waals surface area contributed by atoms with Gasteiger partial charge in [-0.05, 0) is 49.4 Å². The minimum absolute atomic E-state index is 0.540. The number of carboxylic acids is 1. The average Bonchev–Trinajstić information content (AvgIpc) is 2.36. The molecule has 0 radical (unpaired) electrons. The normalized spacial score (nSPS) is 22.2. The van der Waals surface area contributed by atoms with Crippen LogP contribution < -0.4 is 9.47 Å². The number of rotatable bonds is 3. The third kappa shape index (κ3) is 2.03. The van der Waals surface area contributed by atoms with Gasteiger partial charge in [0.1, 0.15) is 0 Å². The zero-order valence-electron chi connectivity index (χ0n) is 10.9. The lowest BCUT2D eigenvalue weighted by molar-refractivity contribution is -0.148. The molecule has 1 aromatic carbocycles. The molecule has 0 heterocycles.